The Morgan fingerprint density at radius 3 is 2.79 bits per heavy atom. The first-order valence-corrected chi connectivity index (χ1v) is 9.51. The van der Waals surface area contributed by atoms with Crippen LogP contribution in [0.3, 0.4) is 0 Å². The normalized spacial score (nSPS) is 18.7. The largest absolute Gasteiger partial charge is 0.478 e. The number of benzene rings is 1. The highest BCUT2D eigenvalue weighted by Crippen LogP contribution is 2.40. The zero-order chi connectivity index (χ0) is 20.4. The number of aliphatic hydroxyl groups excluding tert-OH is 1. The molecule has 4 rings (SSSR count). The Bertz CT molecular complexity index is 1040. The van der Waals surface area contributed by atoms with E-state index in [-0.39, 0.29) is 24.3 Å². The SMILES string of the molecule is O=C(O)c1cccc(-c2ccc([C@H]3[C@H](c4ccccn4)NC(=S)N3CCO)o2)c1. The third kappa shape index (κ3) is 3.72. The van der Waals surface area contributed by atoms with Crippen molar-refractivity contribution in [1.29, 1.82) is 0 Å². The van der Waals surface area contributed by atoms with Crippen molar-refractivity contribution in [3.8, 4) is 11.3 Å². The van der Waals surface area contributed by atoms with Crippen LogP contribution in [0.1, 0.15) is 33.9 Å². The van der Waals surface area contributed by atoms with E-state index in [0.29, 0.717) is 28.7 Å². The minimum absolute atomic E-state index is 0.0541. The highest BCUT2D eigenvalue weighted by Gasteiger charge is 2.41. The van der Waals surface area contributed by atoms with Crippen molar-refractivity contribution >= 4 is 23.3 Å². The Hall–Kier alpha value is -3.23. The summed E-state index contributed by atoms with van der Waals surface area (Å²) in [6, 6.07) is 15.4. The summed E-state index contributed by atoms with van der Waals surface area (Å²) in [6.07, 6.45) is 1.72. The fourth-order valence-corrected chi connectivity index (χ4v) is 3.87. The molecule has 3 aromatic rings. The molecule has 2 aromatic heterocycles. The lowest BCUT2D eigenvalue weighted by molar-refractivity contribution is 0.0697. The molecule has 1 aliphatic rings. The Morgan fingerprint density at radius 1 is 1.21 bits per heavy atom. The molecule has 0 amide bonds. The van der Waals surface area contributed by atoms with Crippen molar-refractivity contribution in [3.05, 3.63) is 77.8 Å². The van der Waals surface area contributed by atoms with Gasteiger partial charge >= 0.3 is 5.97 Å². The molecule has 0 spiro atoms. The van der Waals surface area contributed by atoms with Crippen LogP contribution in [0.5, 0.6) is 0 Å². The second-order valence-electron chi connectivity index (χ2n) is 6.63. The molecule has 0 aliphatic carbocycles. The minimum Gasteiger partial charge on any atom is -0.478 e. The van der Waals surface area contributed by atoms with Gasteiger partial charge in [0.05, 0.1) is 23.9 Å². The van der Waals surface area contributed by atoms with E-state index in [0.717, 1.165) is 5.69 Å². The smallest absolute Gasteiger partial charge is 0.335 e. The van der Waals surface area contributed by atoms with Gasteiger partial charge in [-0.3, -0.25) is 4.98 Å². The first-order valence-electron chi connectivity index (χ1n) is 9.11. The molecule has 0 radical (unpaired) electrons. The maximum absolute atomic E-state index is 11.3. The molecule has 2 atom stereocenters. The van der Waals surface area contributed by atoms with E-state index >= 15 is 0 Å². The second-order valence-corrected chi connectivity index (χ2v) is 7.02. The van der Waals surface area contributed by atoms with E-state index in [9.17, 15) is 15.0 Å². The molecule has 1 saturated heterocycles. The molecule has 0 saturated carbocycles. The third-order valence-electron chi connectivity index (χ3n) is 4.85. The summed E-state index contributed by atoms with van der Waals surface area (Å²) in [5, 5.41) is 22.5. The number of nitrogens with one attached hydrogen (secondary N) is 1. The molecule has 1 fully saturated rings. The molecule has 0 bridgehead atoms. The summed E-state index contributed by atoms with van der Waals surface area (Å²) in [4.78, 5) is 17.6. The lowest BCUT2D eigenvalue weighted by Gasteiger charge is -2.25. The monoisotopic (exact) mass is 409 g/mol. The van der Waals surface area contributed by atoms with Crippen LogP contribution in [0, 0.1) is 0 Å². The lowest BCUT2D eigenvalue weighted by atomic mass is 10.0. The van der Waals surface area contributed by atoms with E-state index in [2.05, 4.69) is 10.3 Å². The molecule has 7 nitrogen and oxygen atoms in total. The fourth-order valence-electron chi connectivity index (χ4n) is 3.54. The quantitative estimate of drug-likeness (QED) is 0.535. The highest BCUT2D eigenvalue weighted by molar-refractivity contribution is 7.80. The van der Waals surface area contributed by atoms with Gasteiger partial charge in [-0.15, -0.1) is 0 Å². The van der Waals surface area contributed by atoms with Crippen molar-refractivity contribution in [2.75, 3.05) is 13.2 Å². The first kappa shape index (κ1) is 19.1. The minimum atomic E-state index is -0.992. The Labute approximate surface area is 172 Å². The van der Waals surface area contributed by atoms with Crippen LogP contribution in [0.4, 0.5) is 0 Å². The number of β-amino-alcohol motifs (C(OH)–C–C–N with tert-alkyl or cyclic N) is 1. The van der Waals surface area contributed by atoms with Crippen LogP contribution in [-0.4, -0.2) is 44.3 Å². The van der Waals surface area contributed by atoms with Crippen molar-refractivity contribution in [1.82, 2.24) is 15.2 Å². The molecule has 1 aliphatic heterocycles. The predicted molar refractivity (Wildman–Crippen MR) is 110 cm³/mol. The number of aromatic carboxylic acids is 1. The number of nitrogens with zero attached hydrogens (tertiary/aromatic N) is 2. The molecular formula is C21H19N3O4S. The standard InChI is InChI=1S/C21H19N3O4S/c25-11-10-24-19(18(23-21(24)29)15-6-1-2-9-22-15)17-8-7-16(28-17)13-4-3-5-14(12-13)20(26)27/h1-9,12,18-19,25H,10-11H2,(H,23,29)(H,26,27)/t18-,19-/m0/s1. The van der Waals surface area contributed by atoms with Crippen LogP contribution in [0.2, 0.25) is 0 Å². The number of aromatic nitrogens is 1. The van der Waals surface area contributed by atoms with E-state index in [1.807, 2.05) is 35.2 Å². The summed E-state index contributed by atoms with van der Waals surface area (Å²) in [5.74, 6) is 0.218. The van der Waals surface area contributed by atoms with Gasteiger partial charge in [-0.05, 0) is 48.6 Å². The number of hydrogen-bond acceptors (Lipinski definition) is 5. The lowest BCUT2D eigenvalue weighted by Crippen LogP contribution is -2.32. The summed E-state index contributed by atoms with van der Waals surface area (Å²) >= 11 is 5.48. The van der Waals surface area contributed by atoms with Crippen LogP contribution in [-0.2, 0) is 0 Å². The van der Waals surface area contributed by atoms with Gasteiger partial charge in [-0.25, -0.2) is 4.79 Å². The zero-order valence-corrected chi connectivity index (χ0v) is 16.2. The number of carboxylic acid groups (broad SMARTS) is 1. The van der Waals surface area contributed by atoms with Crippen LogP contribution < -0.4 is 5.32 Å². The summed E-state index contributed by atoms with van der Waals surface area (Å²) < 4.78 is 6.12. The number of carboxylic acids is 1. The van der Waals surface area contributed by atoms with Gasteiger partial charge in [0.1, 0.15) is 17.6 Å². The third-order valence-corrected chi connectivity index (χ3v) is 5.20. The molecule has 3 heterocycles. The summed E-state index contributed by atoms with van der Waals surface area (Å²) in [6.45, 7) is 0.297. The average Bonchev–Trinajstić information content (AvgIpc) is 3.34. The van der Waals surface area contributed by atoms with E-state index in [4.69, 9.17) is 16.6 Å². The van der Waals surface area contributed by atoms with Crippen LogP contribution in [0.15, 0.2) is 65.2 Å². The number of carbonyl (C=O) groups is 1. The van der Waals surface area contributed by atoms with Crippen molar-refractivity contribution < 1.29 is 19.4 Å². The fraction of sp³-hybridized carbons (Fsp3) is 0.190. The summed E-state index contributed by atoms with van der Waals surface area (Å²) in [5.41, 5.74) is 1.68. The number of thiocarbonyl (C=S) groups is 1. The van der Waals surface area contributed by atoms with Crippen molar-refractivity contribution in [3.63, 3.8) is 0 Å². The predicted octanol–water partition coefficient (Wildman–Crippen LogP) is 3.00. The molecule has 1 aromatic carbocycles. The maximum atomic E-state index is 11.3. The Balaban J connectivity index is 1.72. The van der Waals surface area contributed by atoms with Crippen LogP contribution in [0.25, 0.3) is 11.3 Å². The van der Waals surface area contributed by atoms with Gasteiger partial charge < -0.3 is 24.8 Å². The zero-order valence-electron chi connectivity index (χ0n) is 15.4. The number of aliphatic hydroxyl groups is 1. The molecule has 3 N–H and O–H groups in total. The topological polar surface area (TPSA) is 98.8 Å². The molecule has 29 heavy (non-hydrogen) atoms. The molecule has 0 unspecified atom stereocenters. The van der Waals surface area contributed by atoms with Gasteiger partial charge in [0, 0.05) is 18.3 Å². The second kappa shape index (κ2) is 8.02. The molecule has 8 heteroatoms. The van der Waals surface area contributed by atoms with Crippen molar-refractivity contribution in [2.45, 2.75) is 12.1 Å². The van der Waals surface area contributed by atoms with Gasteiger partial charge in [0.25, 0.3) is 0 Å². The average molecular weight is 409 g/mol. The molecule has 148 valence electrons. The van der Waals surface area contributed by atoms with Crippen LogP contribution >= 0.6 is 12.2 Å². The Kier molecular flexibility index (Phi) is 5.28. The van der Waals surface area contributed by atoms with Gasteiger partial charge in [-0.2, -0.15) is 0 Å². The Morgan fingerprint density at radius 2 is 2.07 bits per heavy atom. The number of rotatable bonds is 6. The van der Waals surface area contributed by atoms with E-state index in [1.54, 1.807) is 24.4 Å². The number of furan rings is 1. The maximum Gasteiger partial charge on any atom is 0.335 e. The van der Waals surface area contributed by atoms with E-state index in [1.165, 1.54) is 6.07 Å². The van der Waals surface area contributed by atoms with E-state index < -0.39 is 5.97 Å². The van der Waals surface area contributed by atoms with Gasteiger partial charge in [0.2, 0.25) is 0 Å². The number of hydrogen-bond donors (Lipinski definition) is 3. The molecular weight excluding hydrogens is 390 g/mol. The highest BCUT2D eigenvalue weighted by atomic mass is 32.1. The van der Waals surface area contributed by atoms with Crippen molar-refractivity contribution in [2.24, 2.45) is 0 Å². The first-order chi connectivity index (χ1) is 14.1. The number of pyridine rings is 1. The van der Waals surface area contributed by atoms with Gasteiger partial charge in [-0.1, -0.05) is 18.2 Å². The van der Waals surface area contributed by atoms with Gasteiger partial charge in [0.15, 0.2) is 5.11 Å². The summed E-state index contributed by atoms with van der Waals surface area (Å²) in [7, 11) is 0.